The number of aromatic nitrogens is 4. The van der Waals surface area contributed by atoms with Crippen LogP contribution in [0, 0.1) is 15.9 Å². The summed E-state index contributed by atoms with van der Waals surface area (Å²) in [5, 5.41) is 11.5. The third-order valence-electron chi connectivity index (χ3n) is 4.64. The molecule has 0 fully saturated rings. The monoisotopic (exact) mass is 571 g/mol. The molecule has 2 heterocycles. The van der Waals surface area contributed by atoms with Gasteiger partial charge in [0.25, 0.3) is 5.91 Å². The van der Waals surface area contributed by atoms with Gasteiger partial charge in [-0.2, -0.15) is 5.10 Å². The molecule has 0 saturated carbocycles. The summed E-state index contributed by atoms with van der Waals surface area (Å²) in [6, 6.07) is 10.9. The number of carbonyl (C=O) groups excluding carboxylic acids is 1. The molecule has 34 heavy (non-hydrogen) atoms. The molecule has 0 saturated heterocycles. The summed E-state index contributed by atoms with van der Waals surface area (Å²) >= 11 is 2.11. The number of anilines is 1. The number of hydrogen-bond donors (Lipinski definition) is 2. The minimum absolute atomic E-state index is 0.0770. The molecule has 0 aliphatic heterocycles. The number of terminal acetylenes is 1. The van der Waals surface area contributed by atoms with Gasteiger partial charge in [-0.05, 0) is 62.7 Å². The van der Waals surface area contributed by atoms with Gasteiger partial charge in [0.1, 0.15) is 13.2 Å². The highest BCUT2D eigenvalue weighted by Crippen LogP contribution is 2.33. The lowest BCUT2D eigenvalue weighted by molar-refractivity contribution is -0.121. The number of rotatable bonds is 8. The Balaban J connectivity index is 1.53. The first-order valence-electron chi connectivity index (χ1n) is 9.81. The fourth-order valence-electron chi connectivity index (χ4n) is 3.19. The van der Waals surface area contributed by atoms with E-state index in [0.717, 1.165) is 9.09 Å². The van der Waals surface area contributed by atoms with Gasteiger partial charge in [0.15, 0.2) is 28.8 Å². The van der Waals surface area contributed by atoms with E-state index in [1.165, 1.54) is 13.3 Å². The first-order chi connectivity index (χ1) is 16.5. The highest BCUT2D eigenvalue weighted by molar-refractivity contribution is 14.1. The van der Waals surface area contributed by atoms with Gasteiger partial charge < -0.3 is 19.8 Å². The number of nitrogens with zero attached hydrogens (tertiary/aromatic N) is 5. The minimum atomic E-state index is -0.383. The number of halogens is 1. The first kappa shape index (κ1) is 23.1. The van der Waals surface area contributed by atoms with Crippen LogP contribution in [0.15, 0.2) is 46.1 Å². The van der Waals surface area contributed by atoms with Crippen LogP contribution in [-0.4, -0.2) is 45.7 Å². The summed E-state index contributed by atoms with van der Waals surface area (Å²) in [5.41, 5.74) is 10.7. The molecule has 11 nitrogen and oxygen atoms in total. The first-order valence-corrected chi connectivity index (χ1v) is 10.9. The summed E-state index contributed by atoms with van der Waals surface area (Å²) in [6.45, 7) is 0.0377. The van der Waals surface area contributed by atoms with Crippen LogP contribution in [0.3, 0.4) is 0 Å². The highest BCUT2D eigenvalue weighted by atomic mass is 127. The molecule has 0 aliphatic rings. The lowest BCUT2D eigenvalue weighted by Gasteiger charge is -2.11. The standard InChI is InChI=1S/C22H18IN7O4/c1-3-8-33-20-14(23)9-13(10-17(20)32-2)11-25-27-18(31)12-30-16-7-5-4-6-15(16)26-22(30)19-21(24)29-34-28-19/h1,4-7,9-11H,8,12H2,2H3,(H2,24,29)(H,27,31)/b25-11-. The number of para-hydroxylation sites is 2. The Kier molecular flexibility index (Phi) is 6.93. The lowest BCUT2D eigenvalue weighted by Crippen LogP contribution is -2.23. The van der Waals surface area contributed by atoms with Crippen LogP contribution < -0.4 is 20.6 Å². The summed E-state index contributed by atoms with van der Waals surface area (Å²) in [6.07, 6.45) is 6.76. The second kappa shape index (κ2) is 10.2. The maximum atomic E-state index is 12.7. The van der Waals surface area contributed by atoms with Crippen molar-refractivity contribution in [1.29, 1.82) is 0 Å². The molecule has 2 aromatic heterocycles. The number of carbonyl (C=O) groups is 1. The number of methoxy groups -OCH3 is 1. The zero-order chi connectivity index (χ0) is 24.1. The van der Waals surface area contributed by atoms with Crippen LogP contribution in [-0.2, 0) is 11.3 Å². The molecule has 0 unspecified atom stereocenters. The number of amides is 1. The van der Waals surface area contributed by atoms with Crippen LogP contribution in [0.4, 0.5) is 5.82 Å². The van der Waals surface area contributed by atoms with Gasteiger partial charge in [0.2, 0.25) is 0 Å². The Morgan fingerprint density at radius 1 is 1.38 bits per heavy atom. The smallest absolute Gasteiger partial charge is 0.260 e. The fourth-order valence-corrected chi connectivity index (χ4v) is 3.97. The second-order valence-corrected chi connectivity index (χ2v) is 7.99. The van der Waals surface area contributed by atoms with Crippen molar-refractivity contribution in [3.05, 3.63) is 45.5 Å². The predicted octanol–water partition coefficient (Wildman–Crippen LogP) is 2.44. The molecule has 0 atom stereocenters. The molecule has 172 valence electrons. The van der Waals surface area contributed by atoms with E-state index >= 15 is 0 Å². The Hall–Kier alpha value is -4.12. The van der Waals surface area contributed by atoms with E-state index in [-0.39, 0.29) is 30.6 Å². The van der Waals surface area contributed by atoms with Gasteiger partial charge in [0.05, 0.1) is 27.9 Å². The van der Waals surface area contributed by atoms with E-state index in [1.807, 2.05) is 30.3 Å². The summed E-state index contributed by atoms with van der Waals surface area (Å²) < 4.78 is 18.1. The average Bonchev–Trinajstić information content (AvgIpc) is 3.41. The molecular weight excluding hydrogens is 553 g/mol. The molecule has 12 heteroatoms. The molecule has 0 radical (unpaired) electrons. The largest absolute Gasteiger partial charge is 0.493 e. The topological polar surface area (TPSA) is 143 Å². The molecule has 4 aromatic rings. The number of benzene rings is 2. The van der Waals surface area contributed by atoms with E-state index in [4.69, 9.17) is 26.3 Å². The zero-order valence-electron chi connectivity index (χ0n) is 17.9. The van der Waals surface area contributed by atoms with E-state index in [0.29, 0.717) is 28.4 Å². The van der Waals surface area contributed by atoms with Crippen molar-refractivity contribution in [3.63, 3.8) is 0 Å². The minimum Gasteiger partial charge on any atom is -0.493 e. The van der Waals surface area contributed by atoms with Crippen molar-refractivity contribution in [2.24, 2.45) is 5.10 Å². The van der Waals surface area contributed by atoms with E-state index < -0.39 is 0 Å². The Morgan fingerprint density at radius 3 is 2.94 bits per heavy atom. The van der Waals surface area contributed by atoms with Crippen molar-refractivity contribution in [2.75, 3.05) is 19.5 Å². The SMILES string of the molecule is C#CCOc1c(I)cc(/C=N\NC(=O)Cn2c(-c3nonc3N)nc3ccccc32)cc1OC. The molecule has 0 spiro atoms. The predicted molar refractivity (Wildman–Crippen MR) is 133 cm³/mol. The number of ether oxygens (including phenoxy) is 2. The van der Waals surface area contributed by atoms with Gasteiger partial charge in [0, 0.05) is 0 Å². The summed E-state index contributed by atoms with van der Waals surface area (Å²) in [7, 11) is 1.53. The van der Waals surface area contributed by atoms with Crippen molar-refractivity contribution in [3.8, 4) is 35.4 Å². The number of hydrogen-bond acceptors (Lipinski definition) is 9. The van der Waals surface area contributed by atoms with Crippen molar-refractivity contribution < 1.29 is 18.9 Å². The molecule has 3 N–H and O–H groups in total. The lowest BCUT2D eigenvalue weighted by atomic mass is 10.2. The number of nitrogens with two attached hydrogens (primary N) is 1. The van der Waals surface area contributed by atoms with E-state index in [9.17, 15) is 4.79 Å². The Bertz CT molecular complexity index is 1420. The van der Waals surface area contributed by atoms with Crippen molar-refractivity contribution in [1.82, 2.24) is 25.3 Å². The molecule has 0 bridgehead atoms. The highest BCUT2D eigenvalue weighted by Gasteiger charge is 2.20. The summed E-state index contributed by atoms with van der Waals surface area (Å²) in [5.74, 6) is 3.52. The average molecular weight is 571 g/mol. The molecule has 1 amide bonds. The van der Waals surface area contributed by atoms with Crippen LogP contribution in [0.1, 0.15) is 5.56 Å². The summed E-state index contributed by atoms with van der Waals surface area (Å²) in [4.78, 5) is 17.2. The number of nitrogen functional groups attached to an aromatic ring is 1. The van der Waals surface area contributed by atoms with E-state index in [2.05, 4.69) is 54.3 Å². The maximum Gasteiger partial charge on any atom is 0.260 e. The number of hydrazone groups is 1. The second-order valence-electron chi connectivity index (χ2n) is 6.83. The van der Waals surface area contributed by atoms with Crippen LogP contribution in [0.5, 0.6) is 11.5 Å². The van der Waals surface area contributed by atoms with Crippen molar-refractivity contribution in [2.45, 2.75) is 6.54 Å². The van der Waals surface area contributed by atoms with Crippen molar-refractivity contribution >= 4 is 51.6 Å². The van der Waals surface area contributed by atoms with Crippen LogP contribution in [0.2, 0.25) is 0 Å². The molecule has 2 aromatic carbocycles. The van der Waals surface area contributed by atoms with Crippen LogP contribution in [0.25, 0.3) is 22.6 Å². The van der Waals surface area contributed by atoms with E-state index in [1.54, 1.807) is 10.6 Å². The number of imidazole rings is 1. The zero-order valence-corrected chi connectivity index (χ0v) is 20.0. The fraction of sp³-hybridized carbons (Fsp3) is 0.136. The van der Waals surface area contributed by atoms with Gasteiger partial charge in [-0.15, -0.1) is 6.42 Å². The van der Waals surface area contributed by atoms with Gasteiger partial charge in [-0.3, -0.25) is 4.79 Å². The number of nitrogens with one attached hydrogen (secondary N) is 1. The Morgan fingerprint density at radius 2 is 2.21 bits per heavy atom. The third kappa shape index (κ3) is 4.79. The molecular formula is C22H18IN7O4. The third-order valence-corrected chi connectivity index (χ3v) is 5.44. The van der Waals surface area contributed by atoms with Gasteiger partial charge in [-0.25, -0.2) is 15.0 Å². The van der Waals surface area contributed by atoms with Gasteiger partial charge in [-0.1, -0.05) is 18.1 Å². The Labute approximate surface area is 207 Å². The maximum absolute atomic E-state index is 12.7. The number of fused-ring (bicyclic) bond motifs is 1. The van der Waals surface area contributed by atoms with Gasteiger partial charge >= 0.3 is 0 Å². The molecule has 4 rings (SSSR count). The normalized spacial score (nSPS) is 11.0. The molecule has 0 aliphatic carbocycles. The quantitative estimate of drug-likeness (QED) is 0.142. The van der Waals surface area contributed by atoms with Crippen LogP contribution >= 0.6 is 22.6 Å².